The average Bonchev–Trinajstić information content (AvgIpc) is 2.49. The zero-order chi connectivity index (χ0) is 17.4. The topological polar surface area (TPSA) is 94.8 Å². The first-order valence-corrected chi connectivity index (χ1v) is 6.99. The first-order chi connectivity index (χ1) is 10.7. The highest BCUT2D eigenvalue weighted by molar-refractivity contribution is 5.94. The zero-order valence-electron chi connectivity index (χ0n) is 12.8. The molecule has 0 aliphatic heterocycles. The van der Waals surface area contributed by atoms with Crippen molar-refractivity contribution >= 4 is 11.9 Å². The van der Waals surface area contributed by atoms with Gasteiger partial charge in [-0.1, -0.05) is 18.2 Å². The maximum absolute atomic E-state index is 14.5. The van der Waals surface area contributed by atoms with Crippen molar-refractivity contribution in [2.75, 3.05) is 0 Å². The van der Waals surface area contributed by atoms with Crippen molar-refractivity contribution in [1.29, 1.82) is 0 Å². The number of rotatable bonds is 4. The van der Waals surface area contributed by atoms with Crippen molar-refractivity contribution in [3.05, 3.63) is 57.9 Å². The van der Waals surface area contributed by atoms with Gasteiger partial charge in [0.05, 0.1) is 6.61 Å². The van der Waals surface area contributed by atoms with E-state index in [0.29, 0.717) is 11.1 Å². The number of allylic oxidation sites excluding steroid dienone is 2. The van der Waals surface area contributed by atoms with E-state index in [1.807, 2.05) is 0 Å². The lowest BCUT2D eigenvalue weighted by molar-refractivity contribution is -0.142. The highest BCUT2D eigenvalue weighted by Crippen LogP contribution is 2.41. The predicted molar refractivity (Wildman–Crippen MR) is 80.5 cm³/mol. The summed E-state index contributed by atoms with van der Waals surface area (Å²) in [6.45, 7) is 2.66. The van der Waals surface area contributed by atoms with Crippen LogP contribution < -0.4 is 0 Å². The van der Waals surface area contributed by atoms with Gasteiger partial charge in [0, 0.05) is 17.6 Å². The Morgan fingerprint density at radius 3 is 2.43 bits per heavy atom. The second-order valence-electron chi connectivity index (χ2n) is 5.63. The van der Waals surface area contributed by atoms with E-state index in [-0.39, 0.29) is 23.1 Å². The van der Waals surface area contributed by atoms with Crippen LogP contribution in [0.1, 0.15) is 30.0 Å². The Hall–Kier alpha value is -2.47. The van der Waals surface area contributed by atoms with E-state index < -0.39 is 29.8 Å². The van der Waals surface area contributed by atoms with Gasteiger partial charge in [-0.15, -0.1) is 0 Å². The Labute approximate surface area is 132 Å². The number of halogens is 1. The van der Waals surface area contributed by atoms with Gasteiger partial charge in [-0.3, -0.25) is 4.79 Å². The van der Waals surface area contributed by atoms with Gasteiger partial charge >= 0.3 is 11.9 Å². The van der Waals surface area contributed by atoms with Crippen LogP contribution in [0.5, 0.6) is 0 Å². The Balaban J connectivity index is 2.77. The van der Waals surface area contributed by atoms with E-state index in [4.69, 9.17) is 0 Å². The van der Waals surface area contributed by atoms with E-state index >= 15 is 0 Å². The van der Waals surface area contributed by atoms with Crippen molar-refractivity contribution in [2.45, 2.75) is 32.3 Å². The number of aliphatic carboxylic acids is 2. The smallest absolute Gasteiger partial charge is 0.331 e. The first kappa shape index (κ1) is 16.9. The molecule has 0 saturated carbocycles. The van der Waals surface area contributed by atoms with Gasteiger partial charge < -0.3 is 15.3 Å². The summed E-state index contributed by atoms with van der Waals surface area (Å²) >= 11 is 0. The normalized spacial score (nSPS) is 20.7. The van der Waals surface area contributed by atoms with Crippen LogP contribution >= 0.6 is 0 Å². The standard InChI is InChI=1S/C17H17FO5/c1-9-3-4-13(18)14(12(9)8-19)17(16(22)23)6-5-10(2)11(7-17)15(20)21/h3-6,19H,7-8H2,1-2H3,(H,20,21)(H,22,23). The Morgan fingerprint density at radius 2 is 1.91 bits per heavy atom. The van der Waals surface area contributed by atoms with Crippen LogP contribution in [0.2, 0.25) is 0 Å². The van der Waals surface area contributed by atoms with Crippen LogP contribution in [-0.4, -0.2) is 27.3 Å². The van der Waals surface area contributed by atoms with E-state index in [1.54, 1.807) is 13.8 Å². The lowest BCUT2D eigenvalue weighted by Crippen LogP contribution is -2.39. The molecule has 1 aliphatic carbocycles. The highest BCUT2D eigenvalue weighted by Gasteiger charge is 2.45. The fraction of sp³-hybridized carbons (Fsp3) is 0.294. The van der Waals surface area contributed by atoms with Gasteiger partial charge in [0.25, 0.3) is 0 Å². The van der Waals surface area contributed by atoms with Crippen molar-refractivity contribution in [2.24, 2.45) is 0 Å². The largest absolute Gasteiger partial charge is 0.480 e. The lowest BCUT2D eigenvalue weighted by Gasteiger charge is -2.32. The Bertz CT molecular complexity index is 748. The summed E-state index contributed by atoms with van der Waals surface area (Å²) in [5, 5.41) is 28.6. The maximum Gasteiger partial charge on any atom is 0.331 e. The van der Waals surface area contributed by atoms with Crippen molar-refractivity contribution in [3.63, 3.8) is 0 Å². The van der Waals surface area contributed by atoms with Crippen LogP contribution in [0, 0.1) is 12.7 Å². The molecule has 0 bridgehead atoms. The fourth-order valence-corrected chi connectivity index (χ4v) is 2.92. The van der Waals surface area contributed by atoms with E-state index in [1.165, 1.54) is 18.2 Å². The number of carboxylic acids is 2. The van der Waals surface area contributed by atoms with Gasteiger partial charge in [-0.2, -0.15) is 0 Å². The summed E-state index contributed by atoms with van der Waals surface area (Å²) in [7, 11) is 0. The molecule has 23 heavy (non-hydrogen) atoms. The molecule has 0 heterocycles. The third kappa shape index (κ3) is 2.66. The molecule has 0 saturated heterocycles. The van der Waals surface area contributed by atoms with E-state index in [0.717, 1.165) is 6.07 Å². The lowest BCUT2D eigenvalue weighted by atomic mass is 9.69. The summed E-state index contributed by atoms with van der Waals surface area (Å²) in [4.78, 5) is 23.4. The molecule has 2 rings (SSSR count). The highest BCUT2D eigenvalue weighted by atomic mass is 19.1. The minimum absolute atomic E-state index is 0.0836. The van der Waals surface area contributed by atoms with Crippen LogP contribution in [-0.2, 0) is 21.6 Å². The zero-order valence-corrected chi connectivity index (χ0v) is 12.8. The molecule has 3 N–H and O–H groups in total. The molecule has 0 fully saturated rings. The molecule has 6 heteroatoms. The molecule has 0 aromatic heterocycles. The molecule has 1 atom stereocenters. The minimum Gasteiger partial charge on any atom is -0.480 e. The quantitative estimate of drug-likeness (QED) is 0.791. The van der Waals surface area contributed by atoms with Crippen molar-refractivity contribution in [1.82, 2.24) is 0 Å². The summed E-state index contributed by atoms with van der Waals surface area (Å²) < 4.78 is 14.5. The number of carboxylic acid groups (broad SMARTS) is 2. The summed E-state index contributed by atoms with van der Waals surface area (Å²) in [5.41, 5.74) is -0.994. The monoisotopic (exact) mass is 320 g/mol. The molecule has 1 aliphatic rings. The number of hydrogen-bond acceptors (Lipinski definition) is 3. The summed E-state index contributed by atoms with van der Waals surface area (Å²) in [5.74, 6) is -3.38. The van der Waals surface area contributed by atoms with Gasteiger partial charge in [0.2, 0.25) is 0 Å². The molecular weight excluding hydrogens is 303 g/mol. The van der Waals surface area contributed by atoms with E-state index in [2.05, 4.69) is 0 Å². The van der Waals surface area contributed by atoms with Crippen molar-refractivity contribution < 1.29 is 29.3 Å². The molecular formula is C17H17FO5. The molecule has 1 aromatic rings. The molecule has 0 radical (unpaired) electrons. The summed E-state index contributed by atoms with van der Waals surface area (Å²) in [6, 6.07) is 2.58. The van der Waals surface area contributed by atoms with Crippen LogP contribution in [0.4, 0.5) is 4.39 Å². The Morgan fingerprint density at radius 1 is 1.26 bits per heavy atom. The second kappa shape index (κ2) is 5.96. The number of carbonyl (C=O) groups is 2. The van der Waals surface area contributed by atoms with Gasteiger partial charge in [-0.05, 0) is 36.6 Å². The summed E-state index contributed by atoms with van der Waals surface area (Å²) in [6.07, 6.45) is 2.30. The van der Waals surface area contributed by atoms with Crippen LogP contribution in [0.3, 0.4) is 0 Å². The number of aliphatic hydroxyl groups excluding tert-OH is 1. The number of benzene rings is 1. The van der Waals surface area contributed by atoms with Crippen LogP contribution in [0.15, 0.2) is 35.4 Å². The molecule has 1 aromatic carbocycles. The van der Waals surface area contributed by atoms with Gasteiger partial charge in [0.15, 0.2) is 0 Å². The molecule has 0 spiro atoms. The SMILES string of the molecule is CC1=C(C(=O)O)CC(C(=O)O)(c2c(F)ccc(C)c2CO)C=C1. The molecule has 122 valence electrons. The van der Waals surface area contributed by atoms with E-state index in [9.17, 15) is 29.3 Å². The van der Waals surface area contributed by atoms with Gasteiger partial charge in [0.1, 0.15) is 11.2 Å². The van der Waals surface area contributed by atoms with Crippen LogP contribution in [0.25, 0.3) is 0 Å². The maximum atomic E-state index is 14.5. The number of aliphatic hydroxyl groups is 1. The third-order valence-electron chi connectivity index (χ3n) is 4.29. The van der Waals surface area contributed by atoms with Crippen molar-refractivity contribution in [3.8, 4) is 0 Å². The molecule has 5 nitrogen and oxygen atoms in total. The number of hydrogen-bond donors (Lipinski definition) is 3. The Kier molecular flexibility index (Phi) is 4.38. The fourth-order valence-electron chi connectivity index (χ4n) is 2.92. The average molecular weight is 320 g/mol. The molecule has 0 amide bonds. The third-order valence-corrected chi connectivity index (χ3v) is 4.29. The van der Waals surface area contributed by atoms with Gasteiger partial charge in [-0.25, -0.2) is 9.18 Å². The predicted octanol–water partition coefficient (Wildman–Crippen LogP) is 2.31. The second-order valence-corrected chi connectivity index (χ2v) is 5.63. The minimum atomic E-state index is -1.86. The molecule has 1 unspecified atom stereocenters. The first-order valence-electron chi connectivity index (χ1n) is 6.99. The number of aryl methyl sites for hydroxylation is 1.